The first-order chi connectivity index (χ1) is 8.84. The van der Waals surface area contributed by atoms with Gasteiger partial charge in [0.2, 0.25) is 10.0 Å². The predicted octanol–water partition coefficient (Wildman–Crippen LogP) is 0.123. The van der Waals surface area contributed by atoms with Gasteiger partial charge in [-0.1, -0.05) is 6.92 Å². The lowest BCUT2D eigenvalue weighted by molar-refractivity contribution is 0.245. The summed E-state index contributed by atoms with van der Waals surface area (Å²) < 4.78 is 22.8. The Labute approximate surface area is 113 Å². The van der Waals surface area contributed by atoms with Crippen LogP contribution in [0, 0.1) is 5.92 Å². The van der Waals surface area contributed by atoms with Crippen LogP contribution in [-0.4, -0.2) is 32.7 Å². The lowest BCUT2D eigenvalue weighted by atomic mass is 10.0. The van der Waals surface area contributed by atoms with Crippen molar-refractivity contribution >= 4 is 21.4 Å². The molecule has 2 atom stereocenters. The summed E-state index contributed by atoms with van der Waals surface area (Å²) in [6, 6.07) is 4.36. The van der Waals surface area contributed by atoms with Crippen molar-refractivity contribution in [1.29, 1.82) is 0 Å². The normalized spacial score (nSPS) is 23.8. The van der Waals surface area contributed by atoms with E-state index in [0.717, 1.165) is 13.0 Å². The fourth-order valence-electron chi connectivity index (χ4n) is 2.53. The fraction of sp³-hybridized carbons (Fsp3) is 0.500. The Kier molecular flexibility index (Phi) is 3.71. The molecule has 2 unspecified atom stereocenters. The van der Waals surface area contributed by atoms with Crippen molar-refractivity contribution < 1.29 is 13.5 Å². The van der Waals surface area contributed by atoms with Crippen LogP contribution in [0.3, 0.4) is 0 Å². The van der Waals surface area contributed by atoms with E-state index in [0.29, 0.717) is 17.3 Å². The number of hydrogen-bond acceptors (Lipinski definition) is 5. The molecule has 106 valence electrons. The maximum Gasteiger partial charge on any atom is 0.238 e. The van der Waals surface area contributed by atoms with Gasteiger partial charge in [0, 0.05) is 6.54 Å². The number of nitrogens with zero attached hydrogens (tertiary/aromatic N) is 1. The van der Waals surface area contributed by atoms with Crippen LogP contribution in [0.2, 0.25) is 0 Å². The van der Waals surface area contributed by atoms with Crippen LogP contribution >= 0.6 is 0 Å². The molecule has 7 heteroatoms. The van der Waals surface area contributed by atoms with Crippen molar-refractivity contribution in [2.45, 2.75) is 24.3 Å². The first-order valence-corrected chi connectivity index (χ1v) is 7.69. The Morgan fingerprint density at radius 1 is 1.47 bits per heavy atom. The van der Waals surface area contributed by atoms with Crippen LogP contribution in [0.4, 0.5) is 11.4 Å². The largest absolute Gasteiger partial charge is 0.397 e. The minimum atomic E-state index is -3.75. The molecule has 6 nitrogen and oxygen atoms in total. The van der Waals surface area contributed by atoms with Crippen molar-refractivity contribution in [3.8, 4) is 0 Å². The van der Waals surface area contributed by atoms with Gasteiger partial charge in [0.05, 0.1) is 28.9 Å². The number of sulfonamides is 1. The molecule has 1 aromatic rings. The Morgan fingerprint density at radius 2 is 2.16 bits per heavy atom. The van der Waals surface area contributed by atoms with E-state index >= 15 is 0 Å². The molecule has 0 aromatic heterocycles. The third kappa shape index (κ3) is 2.68. The van der Waals surface area contributed by atoms with Crippen LogP contribution in [0.15, 0.2) is 23.1 Å². The van der Waals surface area contributed by atoms with Gasteiger partial charge in [0.1, 0.15) is 0 Å². The van der Waals surface area contributed by atoms with E-state index in [9.17, 15) is 13.5 Å². The summed E-state index contributed by atoms with van der Waals surface area (Å²) in [6.07, 6.45) is 0.935. The van der Waals surface area contributed by atoms with E-state index in [1.165, 1.54) is 18.2 Å². The van der Waals surface area contributed by atoms with Crippen LogP contribution in [0.5, 0.6) is 0 Å². The molecule has 19 heavy (non-hydrogen) atoms. The number of benzene rings is 1. The number of aliphatic hydroxyl groups is 1. The highest BCUT2D eigenvalue weighted by Gasteiger charge is 2.32. The molecule has 1 aliphatic heterocycles. The molecule has 2 rings (SSSR count). The highest BCUT2D eigenvalue weighted by molar-refractivity contribution is 7.89. The van der Waals surface area contributed by atoms with E-state index in [4.69, 9.17) is 10.9 Å². The number of hydrogen-bond donors (Lipinski definition) is 3. The molecular weight excluding hydrogens is 266 g/mol. The third-order valence-electron chi connectivity index (χ3n) is 3.71. The van der Waals surface area contributed by atoms with Gasteiger partial charge in [-0.15, -0.1) is 0 Å². The maximum absolute atomic E-state index is 11.4. The topological polar surface area (TPSA) is 110 Å². The Balaban J connectivity index is 2.45. The predicted molar refractivity (Wildman–Crippen MR) is 74.2 cm³/mol. The summed E-state index contributed by atoms with van der Waals surface area (Å²) in [7, 11) is -3.75. The fourth-order valence-corrected chi connectivity index (χ4v) is 3.07. The van der Waals surface area contributed by atoms with Crippen molar-refractivity contribution in [2.24, 2.45) is 11.1 Å². The second-order valence-corrected chi connectivity index (χ2v) is 6.54. The Morgan fingerprint density at radius 3 is 2.74 bits per heavy atom. The molecule has 0 aliphatic carbocycles. The van der Waals surface area contributed by atoms with Gasteiger partial charge in [0.25, 0.3) is 0 Å². The lowest BCUT2D eigenvalue weighted by Crippen LogP contribution is -2.35. The van der Waals surface area contributed by atoms with Crippen LogP contribution < -0.4 is 15.8 Å². The highest BCUT2D eigenvalue weighted by Crippen LogP contribution is 2.34. The minimum absolute atomic E-state index is 0.0141. The van der Waals surface area contributed by atoms with Crippen LogP contribution in [0.25, 0.3) is 0 Å². The molecule has 1 aliphatic rings. The zero-order valence-corrected chi connectivity index (χ0v) is 11.6. The van der Waals surface area contributed by atoms with Gasteiger partial charge in [0.15, 0.2) is 0 Å². The number of nitrogen functional groups attached to an aromatic ring is 1. The molecule has 0 radical (unpaired) electrons. The smallest absolute Gasteiger partial charge is 0.238 e. The standard InChI is InChI=1S/C12H19N3O3S/c1-8-4-5-15(12(8)7-16)11-6-9(19(14,17)18)2-3-10(11)13/h2-3,6,8,12,16H,4-5,7,13H2,1H3,(H2,14,17,18). The van der Waals surface area contributed by atoms with E-state index < -0.39 is 10.0 Å². The molecular formula is C12H19N3O3S. The van der Waals surface area contributed by atoms with Crippen molar-refractivity contribution in [3.63, 3.8) is 0 Å². The number of primary sulfonamides is 1. The molecule has 5 N–H and O–H groups in total. The summed E-state index contributed by atoms with van der Waals surface area (Å²) in [6.45, 7) is 2.81. The SMILES string of the molecule is CC1CCN(c2cc(S(N)(=O)=O)ccc2N)C1CO. The first-order valence-electron chi connectivity index (χ1n) is 6.14. The number of aliphatic hydroxyl groups excluding tert-OH is 1. The van der Waals surface area contributed by atoms with Gasteiger partial charge in [-0.25, -0.2) is 13.6 Å². The molecule has 0 saturated carbocycles. The van der Waals surface area contributed by atoms with Crippen molar-refractivity contribution in [3.05, 3.63) is 18.2 Å². The quantitative estimate of drug-likeness (QED) is 0.683. The van der Waals surface area contributed by atoms with Gasteiger partial charge < -0.3 is 15.7 Å². The highest BCUT2D eigenvalue weighted by atomic mass is 32.2. The number of nitrogens with two attached hydrogens (primary N) is 2. The van der Waals surface area contributed by atoms with E-state index in [2.05, 4.69) is 6.92 Å². The lowest BCUT2D eigenvalue weighted by Gasteiger charge is -2.28. The van der Waals surface area contributed by atoms with Crippen LogP contribution in [0.1, 0.15) is 13.3 Å². The third-order valence-corrected chi connectivity index (χ3v) is 4.62. The maximum atomic E-state index is 11.4. The molecule has 0 spiro atoms. The summed E-state index contributed by atoms with van der Waals surface area (Å²) in [4.78, 5) is 1.99. The van der Waals surface area contributed by atoms with E-state index in [1.54, 1.807) is 0 Å². The van der Waals surface area contributed by atoms with Crippen LogP contribution in [-0.2, 0) is 10.0 Å². The average molecular weight is 285 g/mol. The van der Waals surface area contributed by atoms with Gasteiger partial charge in [-0.3, -0.25) is 0 Å². The molecule has 1 saturated heterocycles. The minimum Gasteiger partial charge on any atom is -0.397 e. The summed E-state index contributed by atoms with van der Waals surface area (Å²) >= 11 is 0. The summed E-state index contributed by atoms with van der Waals surface area (Å²) in [5, 5.41) is 14.6. The zero-order valence-electron chi connectivity index (χ0n) is 10.8. The van der Waals surface area contributed by atoms with Gasteiger partial charge in [-0.2, -0.15) is 0 Å². The second-order valence-electron chi connectivity index (χ2n) is 4.97. The monoisotopic (exact) mass is 285 g/mol. The second kappa shape index (κ2) is 4.99. The molecule has 1 heterocycles. The number of anilines is 2. The first kappa shape index (κ1) is 14.1. The van der Waals surface area contributed by atoms with Crippen molar-refractivity contribution in [1.82, 2.24) is 0 Å². The van der Waals surface area contributed by atoms with E-state index in [-0.39, 0.29) is 17.5 Å². The summed E-state index contributed by atoms with van der Waals surface area (Å²) in [5.74, 6) is 0.336. The zero-order chi connectivity index (χ0) is 14.2. The molecule has 0 bridgehead atoms. The van der Waals surface area contributed by atoms with Gasteiger partial charge >= 0.3 is 0 Å². The van der Waals surface area contributed by atoms with Crippen molar-refractivity contribution in [2.75, 3.05) is 23.8 Å². The Hall–Kier alpha value is -1.31. The summed E-state index contributed by atoms with van der Waals surface area (Å²) in [5.41, 5.74) is 7.02. The molecule has 1 fully saturated rings. The van der Waals surface area contributed by atoms with Gasteiger partial charge in [-0.05, 0) is 30.5 Å². The molecule has 1 aromatic carbocycles. The Bertz CT molecular complexity index is 574. The average Bonchev–Trinajstić information content (AvgIpc) is 2.69. The number of rotatable bonds is 3. The molecule has 0 amide bonds. The van der Waals surface area contributed by atoms with E-state index in [1.807, 2.05) is 4.90 Å².